The quantitative estimate of drug-likeness (QED) is 0.666. The molecule has 1 aromatic rings. The Morgan fingerprint density at radius 2 is 2.22 bits per heavy atom. The van der Waals surface area contributed by atoms with Crippen molar-refractivity contribution in [3.63, 3.8) is 0 Å². The zero-order valence-corrected chi connectivity index (χ0v) is 15.5. The Hall–Kier alpha value is -2.33. The maximum absolute atomic E-state index is 15.0. The van der Waals surface area contributed by atoms with E-state index < -0.39 is 48.1 Å². The summed E-state index contributed by atoms with van der Waals surface area (Å²) in [4.78, 5) is 38.9. The van der Waals surface area contributed by atoms with Crippen molar-refractivity contribution in [3.05, 3.63) is 22.7 Å². The minimum absolute atomic E-state index is 0.0573. The molecule has 2 heterocycles. The standard InChI is InChI=1S/C17H24FN3O6/c1-4-5-14(24)26-9-13(23)19-12-6-7-21(16(25)20-12)15-17(3,18)10(2)11(8-22)27-15/h6-7,10-11,15,22H,4-5,8-9H2,1-3H3,(H,19,20,23,25). The predicted octanol–water partition coefficient (Wildman–Crippen LogP) is 0.779. The van der Waals surface area contributed by atoms with E-state index in [9.17, 15) is 23.9 Å². The van der Waals surface area contributed by atoms with Gasteiger partial charge in [0, 0.05) is 18.5 Å². The number of ether oxygens (including phenoxy) is 2. The average molecular weight is 385 g/mol. The van der Waals surface area contributed by atoms with E-state index in [4.69, 9.17) is 9.47 Å². The van der Waals surface area contributed by atoms with Crippen LogP contribution in [0.25, 0.3) is 0 Å². The van der Waals surface area contributed by atoms with Gasteiger partial charge in [-0.25, -0.2) is 9.18 Å². The Kier molecular flexibility index (Phi) is 6.66. The summed E-state index contributed by atoms with van der Waals surface area (Å²) >= 11 is 0. The molecule has 0 aromatic carbocycles. The van der Waals surface area contributed by atoms with Crippen LogP contribution < -0.4 is 11.0 Å². The molecule has 0 saturated carbocycles. The van der Waals surface area contributed by atoms with E-state index in [1.54, 1.807) is 13.8 Å². The van der Waals surface area contributed by atoms with E-state index in [0.29, 0.717) is 6.42 Å². The first-order chi connectivity index (χ1) is 12.7. The van der Waals surface area contributed by atoms with Crippen LogP contribution >= 0.6 is 0 Å². The fourth-order valence-electron chi connectivity index (χ4n) is 2.81. The van der Waals surface area contributed by atoms with Crippen LogP contribution in [-0.2, 0) is 19.1 Å². The van der Waals surface area contributed by atoms with Gasteiger partial charge in [0.05, 0.1) is 12.7 Å². The molecular formula is C17H24FN3O6. The van der Waals surface area contributed by atoms with Gasteiger partial charge >= 0.3 is 11.7 Å². The number of aliphatic hydroxyl groups is 1. The summed E-state index contributed by atoms with van der Waals surface area (Å²) in [5, 5.41) is 11.6. The lowest BCUT2D eigenvalue weighted by molar-refractivity contribution is -0.147. The third-order valence-electron chi connectivity index (χ3n) is 4.58. The molecule has 4 atom stereocenters. The lowest BCUT2D eigenvalue weighted by Gasteiger charge is -2.25. The highest BCUT2D eigenvalue weighted by Crippen LogP contribution is 2.44. The minimum Gasteiger partial charge on any atom is -0.456 e. The smallest absolute Gasteiger partial charge is 0.351 e. The summed E-state index contributed by atoms with van der Waals surface area (Å²) in [6.07, 6.45) is 0.0759. The number of amides is 1. The lowest BCUT2D eigenvalue weighted by atomic mass is 9.90. The van der Waals surface area contributed by atoms with Gasteiger partial charge in [-0.15, -0.1) is 0 Å². The van der Waals surface area contributed by atoms with E-state index in [2.05, 4.69) is 10.3 Å². The fraction of sp³-hybridized carbons (Fsp3) is 0.647. The van der Waals surface area contributed by atoms with Gasteiger partial charge in [0.25, 0.3) is 5.91 Å². The van der Waals surface area contributed by atoms with Gasteiger partial charge in [-0.1, -0.05) is 13.8 Å². The van der Waals surface area contributed by atoms with Gasteiger partial charge < -0.3 is 19.9 Å². The number of aliphatic hydroxyl groups excluding tert-OH is 1. The maximum Gasteiger partial charge on any atom is 0.351 e. The summed E-state index contributed by atoms with van der Waals surface area (Å²) in [5.74, 6) is -1.83. The molecule has 1 aliphatic heterocycles. The molecule has 27 heavy (non-hydrogen) atoms. The number of rotatable bonds is 7. The number of aromatic nitrogens is 2. The molecule has 10 heteroatoms. The third-order valence-corrected chi connectivity index (χ3v) is 4.58. The van der Waals surface area contributed by atoms with Gasteiger partial charge in [0.1, 0.15) is 5.82 Å². The molecule has 0 aliphatic carbocycles. The third kappa shape index (κ3) is 4.69. The lowest BCUT2D eigenvalue weighted by Crippen LogP contribution is -2.39. The Morgan fingerprint density at radius 3 is 2.78 bits per heavy atom. The van der Waals surface area contributed by atoms with E-state index in [1.807, 2.05) is 0 Å². The number of carbonyl (C=O) groups excluding carboxylic acids is 2. The van der Waals surface area contributed by atoms with Crippen LogP contribution in [-0.4, -0.2) is 51.5 Å². The first-order valence-corrected chi connectivity index (χ1v) is 8.70. The molecule has 2 rings (SSSR count). The van der Waals surface area contributed by atoms with Crippen molar-refractivity contribution in [2.45, 2.75) is 51.6 Å². The number of nitrogens with zero attached hydrogens (tertiary/aromatic N) is 2. The second-order valence-corrected chi connectivity index (χ2v) is 6.61. The van der Waals surface area contributed by atoms with Crippen LogP contribution in [0.15, 0.2) is 17.1 Å². The highest BCUT2D eigenvalue weighted by molar-refractivity contribution is 5.91. The highest BCUT2D eigenvalue weighted by atomic mass is 19.1. The predicted molar refractivity (Wildman–Crippen MR) is 92.7 cm³/mol. The Bertz CT molecular complexity index is 750. The first kappa shape index (κ1) is 21.0. The number of hydrogen-bond acceptors (Lipinski definition) is 7. The molecular weight excluding hydrogens is 361 g/mol. The van der Waals surface area contributed by atoms with Gasteiger partial charge in [-0.3, -0.25) is 14.2 Å². The Balaban J connectivity index is 2.07. The summed E-state index contributed by atoms with van der Waals surface area (Å²) in [6.45, 7) is 3.83. The average Bonchev–Trinajstić information content (AvgIpc) is 2.83. The van der Waals surface area contributed by atoms with Crippen LogP contribution in [0, 0.1) is 5.92 Å². The Labute approximate surface area is 155 Å². The van der Waals surface area contributed by atoms with Crippen LogP contribution in [0.4, 0.5) is 10.2 Å². The van der Waals surface area contributed by atoms with Crippen LogP contribution in [0.1, 0.15) is 39.8 Å². The van der Waals surface area contributed by atoms with Crippen LogP contribution in [0.2, 0.25) is 0 Å². The van der Waals surface area contributed by atoms with Crippen molar-refractivity contribution in [2.75, 3.05) is 18.5 Å². The van der Waals surface area contributed by atoms with Crippen molar-refractivity contribution in [1.82, 2.24) is 9.55 Å². The monoisotopic (exact) mass is 385 g/mol. The van der Waals surface area contributed by atoms with Crippen LogP contribution in [0.5, 0.6) is 0 Å². The van der Waals surface area contributed by atoms with Gasteiger partial charge in [-0.05, 0) is 19.4 Å². The number of hydrogen-bond donors (Lipinski definition) is 2. The van der Waals surface area contributed by atoms with Crippen molar-refractivity contribution >= 4 is 17.7 Å². The minimum atomic E-state index is -1.89. The SMILES string of the molecule is CCCC(=O)OCC(=O)Nc1ccn(C2OC(CO)C(C)C2(C)F)c(=O)n1. The number of carbonyl (C=O) groups is 2. The Morgan fingerprint density at radius 1 is 1.52 bits per heavy atom. The topological polar surface area (TPSA) is 120 Å². The number of esters is 1. The first-order valence-electron chi connectivity index (χ1n) is 8.70. The van der Waals surface area contributed by atoms with E-state index in [-0.39, 0.29) is 18.8 Å². The zero-order chi connectivity index (χ0) is 20.2. The summed E-state index contributed by atoms with van der Waals surface area (Å²) in [7, 11) is 0. The van der Waals surface area contributed by atoms with Crippen molar-refractivity contribution < 1.29 is 28.6 Å². The van der Waals surface area contributed by atoms with Crippen molar-refractivity contribution in [2.24, 2.45) is 5.92 Å². The number of halogens is 1. The molecule has 150 valence electrons. The normalized spacial score (nSPS) is 27.4. The number of alkyl halides is 1. The fourth-order valence-corrected chi connectivity index (χ4v) is 2.81. The van der Waals surface area contributed by atoms with E-state index >= 15 is 0 Å². The van der Waals surface area contributed by atoms with E-state index in [0.717, 1.165) is 4.57 Å². The van der Waals surface area contributed by atoms with Gasteiger partial charge in [0.15, 0.2) is 18.5 Å². The number of anilines is 1. The molecule has 1 amide bonds. The molecule has 0 bridgehead atoms. The molecule has 1 aliphatic rings. The summed E-state index contributed by atoms with van der Waals surface area (Å²) < 4.78 is 26.2. The molecule has 2 N–H and O–H groups in total. The summed E-state index contributed by atoms with van der Waals surface area (Å²) in [5.41, 5.74) is -2.72. The molecule has 1 aromatic heterocycles. The largest absolute Gasteiger partial charge is 0.456 e. The molecule has 4 unspecified atom stereocenters. The second-order valence-electron chi connectivity index (χ2n) is 6.61. The zero-order valence-electron chi connectivity index (χ0n) is 15.5. The molecule has 0 radical (unpaired) electrons. The number of nitrogens with one attached hydrogen (secondary N) is 1. The van der Waals surface area contributed by atoms with Crippen molar-refractivity contribution in [3.8, 4) is 0 Å². The molecule has 9 nitrogen and oxygen atoms in total. The molecule has 0 spiro atoms. The van der Waals surface area contributed by atoms with Crippen molar-refractivity contribution in [1.29, 1.82) is 0 Å². The molecule has 1 saturated heterocycles. The summed E-state index contributed by atoms with van der Waals surface area (Å²) in [6, 6.07) is 1.31. The maximum atomic E-state index is 15.0. The van der Waals surface area contributed by atoms with E-state index in [1.165, 1.54) is 19.2 Å². The van der Waals surface area contributed by atoms with Gasteiger partial charge in [-0.2, -0.15) is 4.98 Å². The van der Waals surface area contributed by atoms with Gasteiger partial charge in [0.2, 0.25) is 0 Å². The highest BCUT2D eigenvalue weighted by Gasteiger charge is 2.53. The molecule has 1 fully saturated rings. The van der Waals surface area contributed by atoms with Crippen LogP contribution in [0.3, 0.4) is 0 Å². The second kappa shape index (κ2) is 8.57.